The van der Waals surface area contributed by atoms with Crippen LogP contribution in [0.3, 0.4) is 0 Å². The van der Waals surface area contributed by atoms with Crippen LogP contribution in [0.15, 0.2) is 0 Å². The van der Waals surface area contributed by atoms with E-state index in [1.807, 2.05) is 0 Å². The monoisotopic (exact) mass is 195 g/mol. The predicted molar refractivity (Wildman–Crippen MR) is 61.3 cm³/mol. The van der Waals surface area contributed by atoms with Crippen molar-refractivity contribution in [3.05, 3.63) is 0 Å². The summed E-state index contributed by atoms with van der Waals surface area (Å²) in [5.74, 6) is 2.79. The molecule has 2 aliphatic rings. The van der Waals surface area contributed by atoms with Gasteiger partial charge in [0.15, 0.2) is 0 Å². The summed E-state index contributed by atoms with van der Waals surface area (Å²) >= 11 is 0. The third-order valence-electron chi connectivity index (χ3n) is 4.61. The Morgan fingerprint density at radius 3 is 2.21 bits per heavy atom. The summed E-state index contributed by atoms with van der Waals surface area (Å²) in [7, 11) is 0. The highest BCUT2D eigenvalue weighted by molar-refractivity contribution is 4.89. The van der Waals surface area contributed by atoms with E-state index in [1.54, 1.807) is 0 Å². The van der Waals surface area contributed by atoms with Crippen LogP contribution in [-0.4, -0.2) is 12.1 Å². The van der Waals surface area contributed by atoms with E-state index in [0.717, 1.165) is 29.8 Å². The van der Waals surface area contributed by atoms with E-state index in [0.29, 0.717) is 0 Å². The Morgan fingerprint density at radius 1 is 0.929 bits per heavy atom. The molecule has 0 saturated heterocycles. The lowest BCUT2D eigenvalue weighted by Gasteiger charge is -2.24. The smallest absolute Gasteiger partial charge is 0.00979 e. The Balaban J connectivity index is 1.80. The Labute approximate surface area is 88.7 Å². The van der Waals surface area contributed by atoms with E-state index in [4.69, 9.17) is 0 Å². The summed E-state index contributed by atoms with van der Waals surface area (Å²) in [5.41, 5.74) is 0. The molecule has 0 aliphatic heterocycles. The highest BCUT2D eigenvalue weighted by atomic mass is 15.0. The van der Waals surface area contributed by atoms with Crippen molar-refractivity contribution < 1.29 is 0 Å². The molecule has 0 radical (unpaired) electrons. The molecule has 5 unspecified atom stereocenters. The van der Waals surface area contributed by atoms with Gasteiger partial charge in [-0.25, -0.2) is 0 Å². The van der Waals surface area contributed by atoms with Crippen LogP contribution in [0.1, 0.15) is 52.9 Å². The second kappa shape index (κ2) is 4.22. The van der Waals surface area contributed by atoms with Gasteiger partial charge in [0.05, 0.1) is 0 Å². The SMILES string of the molecule is CC1CCC(NC2CCC(C)C2C)C1. The van der Waals surface area contributed by atoms with E-state index in [9.17, 15) is 0 Å². The number of rotatable bonds is 2. The van der Waals surface area contributed by atoms with Gasteiger partial charge in [-0.3, -0.25) is 0 Å². The van der Waals surface area contributed by atoms with Crippen LogP contribution in [0.25, 0.3) is 0 Å². The normalized spacial score (nSPS) is 48.6. The van der Waals surface area contributed by atoms with E-state index in [2.05, 4.69) is 26.1 Å². The van der Waals surface area contributed by atoms with Gasteiger partial charge in [-0.15, -0.1) is 0 Å². The van der Waals surface area contributed by atoms with Crippen LogP contribution in [0.2, 0.25) is 0 Å². The first-order valence-electron chi connectivity index (χ1n) is 6.43. The van der Waals surface area contributed by atoms with Crippen molar-refractivity contribution in [3.63, 3.8) is 0 Å². The maximum Gasteiger partial charge on any atom is 0.00979 e. The topological polar surface area (TPSA) is 12.0 Å². The Kier molecular flexibility index (Phi) is 3.16. The maximum atomic E-state index is 3.89. The molecule has 2 saturated carbocycles. The molecular formula is C13H25N. The second-order valence-electron chi connectivity index (χ2n) is 5.80. The zero-order chi connectivity index (χ0) is 10.1. The van der Waals surface area contributed by atoms with E-state index in [-0.39, 0.29) is 0 Å². The van der Waals surface area contributed by atoms with E-state index >= 15 is 0 Å². The molecule has 0 aromatic rings. The summed E-state index contributed by atoms with van der Waals surface area (Å²) < 4.78 is 0. The quantitative estimate of drug-likeness (QED) is 0.713. The lowest BCUT2D eigenvalue weighted by atomic mass is 9.97. The van der Waals surface area contributed by atoms with Crippen molar-refractivity contribution in [2.45, 2.75) is 65.0 Å². The minimum atomic E-state index is 0.820. The molecule has 0 heterocycles. The van der Waals surface area contributed by atoms with Crippen molar-refractivity contribution in [2.75, 3.05) is 0 Å². The predicted octanol–water partition coefficient (Wildman–Crippen LogP) is 3.20. The van der Waals surface area contributed by atoms with Crippen LogP contribution in [0.5, 0.6) is 0 Å². The van der Waals surface area contributed by atoms with Gasteiger partial charge < -0.3 is 5.32 Å². The standard InChI is InChI=1S/C13H25N/c1-9-4-6-12(8-9)14-13-7-5-10(2)11(13)3/h9-14H,4-8H2,1-3H3. The van der Waals surface area contributed by atoms with Gasteiger partial charge in [-0.05, 0) is 49.9 Å². The zero-order valence-electron chi connectivity index (χ0n) is 9.92. The largest absolute Gasteiger partial charge is 0.311 e. The van der Waals surface area contributed by atoms with Crippen LogP contribution >= 0.6 is 0 Å². The third kappa shape index (κ3) is 2.13. The Hall–Kier alpha value is -0.0400. The molecule has 0 aromatic heterocycles. The molecule has 2 rings (SSSR count). The molecule has 1 nitrogen and oxygen atoms in total. The van der Waals surface area contributed by atoms with Crippen molar-refractivity contribution in [3.8, 4) is 0 Å². The average Bonchev–Trinajstić information content (AvgIpc) is 2.67. The van der Waals surface area contributed by atoms with Gasteiger partial charge in [0.2, 0.25) is 0 Å². The lowest BCUT2D eigenvalue weighted by Crippen LogP contribution is -2.39. The Morgan fingerprint density at radius 2 is 1.71 bits per heavy atom. The molecule has 0 aromatic carbocycles. The first kappa shape index (κ1) is 10.5. The molecule has 2 fully saturated rings. The number of nitrogens with one attached hydrogen (secondary N) is 1. The van der Waals surface area contributed by atoms with Gasteiger partial charge in [0, 0.05) is 12.1 Å². The highest BCUT2D eigenvalue weighted by Crippen LogP contribution is 2.33. The van der Waals surface area contributed by atoms with Crippen LogP contribution in [-0.2, 0) is 0 Å². The van der Waals surface area contributed by atoms with Crippen LogP contribution < -0.4 is 5.32 Å². The van der Waals surface area contributed by atoms with Crippen molar-refractivity contribution in [1.29, 1.82) is 0 Å². The van der Waals surface area contributed by atoms with Crippen molar-refractivity contribution in [1.82, 2.24) is 5.32 Å². The molecule has 14 heavy (non-hydrogen) atoms. The molecule has 1 N–H and O–H groups in total. The minimum Gasteiger partial charge on any atom is -0.311 e. The third-order valence-corrected chi connectivity index (χ3v) is 4.61. The van der Waals surface area contributed by atoms with Crippen molar-refractivity contribution in [2.24, 2.45) is 17.8 Å². The summed E-state index contributed by atoms with van der Waals surface area (Å²) in [4.78, 5) is 0. The van der Waals surface area contributed by atoms with Gasteiger partial charge in [0.1, 0.15) is 0 Å². The number of hydrogen-bond acceptors (Lipinski definition) is 1. The van der Waals surface area contributed by atoms with Gasteiger partial charge in [-0.2, -0.15) is 0 Å². The molecule has 2 aliphatic carbocycles. The molecule has 0 spiro atoms. The molecule has 0 bridgehead atoms. The average molecular weight is 195 g/mol. The fourth-order valence-corrected chi connectivity index (χ4v) is 3.26. The summed E-state index contributed by atoms with van der Waals surface area (Å²) in [6.07, 6.45) is 7.11. The molecular weight excluding hydrogens is 170 g/mol. The van der Waals surface area contributed by atoms with E-state index < -0.39 is 0 Å². The first-order valence-corrected chi connectivity index (χ1v) is 6.43. The molecule has 0 amide bonds. The summed E-state index contributed by atoms with van der Waals surface area (Å²) in [6, 6.07) is 1.66. The van der Waals surface area contributed by atoms with Gasteiger partial charge in [-0.1, -0.05) is 20.8 Å². The zero-order valence-corrected chi connectivity index (χ0v) is 9.92. The summed E-state index contributed by atoms with van der Waals surface area (Å²) in [6.45, 7) is 7.22. The lowest BCUT2D eigenvalue weighted by molar-refractivity contribution is 0.335. The maximum absolute atomic E-state index is 3.89. The fourth-order valence-electron chi connectivity index (χ4n) is 3.26. The van der Waals surface area contributed by atoms with E-state index in [1.165, 1.54) is 32.1 Å². The fraction of sp³-hybridized carbons (Fsp3) is 1.00. The van der Waals surface area contributed by atoms with Crippen LogP contribution in [0.4, 0.5) is 0 Å². The van der Waals surface area contributed by atoms with Gasteiger partial charge >= 0.3 is 0 Å². The second-order valence-corrected chi connectivity index (χ2v) is 5.80. The molecule has 1 heteroatoms. The Bertz CT molecular complexity index is 190. The molecule has 82 valence electrons. The van der Waals surface area contributed by atoms with Crippen molar-refractivity contribution >= 4 is 0 Å². The highest BCUT2D eigenvalue weighted by Gasteiger charge is 2.32. The van der Waals surface area contributed by atoms with Gasteiger partial charge in [0.25, 0.3) is 0 Å². The molecule has 5 atom stereocenters. The minimum absolute atomic E-state index is 0.820. The number of hydrogen-bond donors (Lipinski definition) is 1. The summed E-state index contributed by atoms with van der Waals surface area (Å²) in [5, 5.41) is 3.89. The first-order chi connectivity index (χ1) is 6.66. The van der Waals surface area contributed by atoms with Crippen LogP contribution in [0, 0.1) is 17.8 Å².